The molecule has 1 aromatic carbocycles. The summed E-state index contributed by atoms with van der Waals surface area (Å²) in [7, 11) is 0. The molecule has 4 heteroatoms. The van der Waals surface area contributed by atoms with E-state index in [4.69, 9.17) is 0 Å². The van der Waals surface area contributed by atoms with Gasteiger partial charge in [-0.25, -0.2) is 5.01 Å². The Labute approximate surface area is 113 Å². The summed E-state index contributed by atoms with van der Waals surface area (Å²) in [6.45, 7) is 1.76. The van der Waals surface area contributed by atoms with Gasteiger partial charge in [-0.3, -0.25) is 4.79 Å². The van der Waals surface area contributed by atoms with Crippen LogP contribution in [-0.4, -0.2) is 35.8 Å². The third-order valence-electron chi connectivity index (χ3n) is 3.76. The summed E-state index contributed by atoms with van der Waals surface area (Å²) < 4.78 is 0. The Morgan fingerprint density at radius 3 is 2.84 bits per heavy atom. The summed E-state index contributed by atoms with van der Waals surface area (Å²) in [4.78, 5) is 12.0. The Bertz CT molecular complexity index is 477. The van der Waals surface area contributed by atoms with Gasteiger partial charge in [0.1, 0.15) is 0 Å². The minimum absolute atomic E-state index is 0.117. The van der Waals surface area contributed by atoms with E-state index in [-0.39, 0.29) is 5.91 Å². The van der Waals surface area contributed by atoms with Crippen molar-refractivity contribution in [2.45, 2.75) is 31.7 Å². The van der Waals surface area contributed by atoms with Crippen molar-refractivity contribution in [3.05, 3.63) is 35.9 Å². The molecule has 1 unspecified atom stereocenters. The molecule has 1 N–H and O–H groups in total. The Hall–Kier alpha value is -1.68. The molecule has 1 amide bonds. The van der Waals surface area contributed by atoms with Crippen molar-refractivity contribution in [2.75, 3.05) is 13.1 Å². The highest BCUT2D eigenvalue weighted by Crippen LogP contribution is 2.17. The Balaban J connectivity index is 1.69. The molecule has 19 heavy (non-hydrogen) atoms. The van der Waals surface area contributed by atoms with Crippen molar-refractivity contribution < 1.29 is 4.79 Å². The Morgan fingerprint density at radius 1 is 1.26 bits per heavy atom. The van der Waals surface area contributed by atoms with E-state index in [0.29, 0.717) is 19.0 Å². The van der Waals surface area contributed by atoms with E-state index in [0.717, 1.165) is 24.2 Å². The van der Waals surface area contributed by atoms with Crippen LogP contribution in [0.5, 0.6) is 0 Å². The Kier molecular flexibility index (Phi) is 3.60. The van der Waals surface area contributed by atoms with E-state index >= 15 is 0 Å². The van der Waals surface area contributed by atoms with Crippen LogP contribution in [-0.2, 0) is 4.79 Å². The predicted octanol–water partition coefficient (Wildman–Crippen LogP) is 1.77. The molecule has 100 valence electrons. The molecule has 0 aliphatic carbocycles. The van der Waals surface area contributed by atoms with Gasteiger partial charge in [-0.05, 0) is 24.9 Å². The second kappa shape index (κ2) is 5.53. The maximum Gasteiger partial charge on any atom is 0.248 e. The van der Waals surface area contributed by atoms with E-state index < -0.39 is 0 Å². The zero-order chi connectivity index (χ0) is 13.1. The molecule has 0 bridgehead atoms. The standard InChI is InChI=1S/C15H19N3O/c19-15-10-14(12-6-2-1-3-7-12)17-18(15)11-13-8-4-5-9-16-13/h1-3,6-7,13,16H,4-5,8-11H2. The summed E-state index contributed by atoms with van der Waals surface area (Å²) in [5.41, 5.74) is 1.94. The number of carbonyl (C=O) groups is 1. The molecular formula is C15H19N3O. The highest BCUT2D eigenvalue weighted by atomic mass is 16.2. The average molecular weight is 257 g/mol. The minimum Gasteiger partial charge on any atom is -0.312 e. The van der Waals surface area contributed by atoms with E-state index in [1.807, 2.05) is 30.3 Å². The van der Waals surface area contributed by atoms with Gasteiger partial charge in [-0.1, -0.05) is 36.8 Å². The molecule has 1 aromatic rings. The van der Waals surface area contributed by atoms with Gasteiger partial charge >= 0.3 is 0 Å². The van der Waals surface area contributed by atoms with Crippen LogP contribution in [0.3, 0.4) is 0 Å². The summed E-state index contributed by atoms with van der Waals surface area (Å²) >= 11 is 0. The van der Waals surface area contributed by atoms with Crippen LogP contribution in [0, 0.1) is 0 Å². The molecule has 4 nitrogen and oxygen atoms in total. The molecule has 1 fully saturated rings. The third-order valence-corrected chi connectivity index (χ3v) is 3.76. The number of hydrogen-bond donors (Lipinski definition) is 1. The maximum atomic E-state index is 12.0. The van der Waals surface area contributed by atoms with E-state index in [1.165, 1.54) is 12.8 Å². The van der Waals surface area contributed by atoms with Crippen molar-refractivity contribution in [1.82, 2.24) is 10.3 Å². The second-order valence-electron chi connectivity index (χ2n) is 5.21. The number of amides is 1. The van der Waals surface area contributed by atoms with Crippen LogP contribution in [0.25, 0.3) is 0 Å². The fraction of sp³-hybridized carbons (Fsp3) is 0.467. The normalized spacial score (nSPS) is 23.6. The Morgan fingerprint density at radius 2 is 2.11 bits per heavy atom. The highest BCUT2D eigenvalue weighted by Gasteiger charge is 2.27. The number of benzene rings is 1. The topological polar surface area (TPSA) is 44.7 Å². The highest BCUT2D eigenvalue weighted by molar-refractivity contribution is 6.13. The number of piperidine rings is 1. The number of nitrogens with zero attached hydrogens (tertiary/aromatic N) is 2. The fourth-order valence-corrected chi connectivity index (χ4v) is 2.69. The zero-order valence-electron chi connectivity index (χ0n) is 11.0. The number of rotatable bonds is 3. The van der Waals surface area contributed by atoms with E-state index in [9.17, 15) is 4.79 Å². The van der Waals surface area contributed by atoms with Gasteiger partial charge in [0.2, 0.25) is 5.91 Å². The van der Waals surface area contributed by atoms with Crippen molar-refractivity contribution in [3.63, 3.8) is 0 Å². The number of hydrazone groups is 1. The second-order valence-corrected chi connectivity index (χ2v) is 5.21. The van der Waals surface area contributed by atoms with Gasteiger partial charge in [0.25, 0.3) is 0 Å². The molecule has 0 radical (unpaired) electrons. The van der Waals surface area contributed by atoms with Crippen molar-refractivity contribution >= 4 is 11.6 Å². The first-order valence-corrected chi connectivity index (χ1v) is 6.99. The lowest BCUT2D eigenvalue weighted by Gasteiger charge is -2.26. The van der Waals surface area contributed by atoms with Crippen LogP contribution in [0.15, 0.2) is 35.4 Å². The smallest absolute Gasteiger partial charge is 0.248 e. The largest absolute Gasteiger partial charge is 0.312 e. The molecule has 2 aliphatic rings. The molecule has 2 aliphatic heterocycles. The summed E-state index contributed by atoms with van der Waals surface area (Å²) in [6.07, 6.45) is 4.05. The lowest BCUT2D eigenvalue weighted by atomic mass is 10.0. The maximum absolute atomic E-state index is 12.0. The molecule has 2 heterocycles. The minimum atomic E-state index is 0.117. The first-order chi connectivity index (χ1) is 9.33. The predicted molar refractivity (Wildman–Crippen MR) is 75.0 cm³/mol. The lowest BCUT2D eigenvalue weighted by molar-refractivity contribution is -0.129. The molecule has 0 spiro atoms. The molecular weight excluding hydrogens is 238 g/mol. The summed E-state index contributed by atoms with van der Waals surface area (Å²) in [5, 5.41) is 9.60. The molecule has 1 saturated heterocycles. The summed E-state index contributed by atoms with van der Waals surface area (Å²) in [5.74, 6) is 0.117. The fourth-order valence-electron chi connectivity index (χ4n) is 2.69. The van der Waals surface area contributed by atoms with Gasteiger partial charge in [-0.2, -0.15) is 5.10 Å². The van der Waals surface area contributed by atoms with Gasteiger partial charge < -0.3 is 5.32 Å². The monoisotopic (exact) mass is 257 g/mol. The molecule has 0 saturated carbocycles. The summed E-state index contributed by atoms with van der Waals surface area (Å²) in [6, 6.07) is 10.4. The van der Waals surface area contributed by atoms with Crippen molar-refractivity contribution in [1.29, 1.82) is 0 Å². The lowest BCUT2D eigenvalue weighted by Crippen LogP contribution is -2.42. The SMILES string of the molecule is O=C1CC(c2ccccc2)=NN1CC1CCCCN1. The van der Waals surface area contributed by atoms with Crippen LogP contribution >= 0.6 is 0 Å². The van der Waals surface area contributed by atoms with Crippen molar-refractivity contribution in [2.24, 2.45) is 5.10 Å². The van der Waals surface area contributed by atoms with Crippen molar-refractivity contribution in [3.8, 4) is 0 Å². The van der Waals surface area contributed by atoms with Crippen LogP contribution < -0.4 is 5.32 Å². The van der Waals surface area contributed by atoms with Crippen LogP contribution in [0.1, 0.15) is 31.2 Å². The molecule has 3 rings (SSSR count). The van der Waals surface area contributed by atoms with E-state index in [2.05, 4.69) is 10.4 Å². The quantitative estimate of drug-likeness (QED) is 0.897. The van der Waals surface area contributed by atoms with Gasteiger partial charge in [0.15, 0.2) is 0 Å². The molecule has 0 aromatic heterocycles. The van der Waals surface area contributed by atoms with Gasteiger partial charge in [-0.15, -0.1) is 0 Å². The number of nitrogens with one attached hydrogen (secondary N) is 1. The first kappa shape index (κ1) is 12.4. The molecule has 1 atom stereocenters. The number of hydrogen-bond acceptors (Lipinski definition) is 3. The third kappa shape index (κ3) is 2.84. The van der Waals surface area contributed by atoms with Gasteiger partial charge in [0, 0.05) is 6.04 Å². The first-order valence-electron chi connectivity index (χ1n) is 6.99. The van der Waals surface area contributed by atoms with Crippen LogP contribution in [0.2, 0.25) is 0 Å². The van der Waals surface area contributed by atoms with Crippen LogP contribution in [0.4, 0.5) is 0 Å². The number of carbonyl (C=O) groups excluding carboxylic acids is 1. The zero-order valence-corrected chi connectivity index (χ0v) is 11.0. The average Bonchev–Trinajstić information content (AvgIpc) is 2.82. The van der Waals surface area contributed by atoms with Gasteiger partial charge in [0.05, 0.1) is 18.7 Å². The van der Waals surface area contributed by atoms with E-state index in [1.54, 1.807) is 5.01 Å².